The molecule has 4 rings (SSSR count). The van der Waals surface area contributed by atoms with Gasteiger partial charge in [-0.1, -0.05) is 13.0 Å². The summed E-state index contributed by atoms with van der Waals surface area (Å²) in [6.07, 6.45) is 4.07. The lowest BCUT2D eigenvalue weighted by Gasteiger charge is -2.38. The summed E-state index contributed by atoms with van der Waals surface area (Å²) in [5.74, 6) is -2.24. The molecule has 3 aliphatic rings. The number of nitrogens with one attached hydrogen (secondary N) is 1. The molecule has 1 saturated carbocycles. The molecule has 0 amide bonds. The van der Waals surface area contributed by atoms with E-state index in [2.05, 4.69) is 5.32 Å². The fourth-order valence-corrected chi connectivity index (χ4v) is 5.54. The maximum Gasteiger partial charge on any atom is 0.337 e. The molecule has 1 N–H and O–H groups in total. The second kappa shape index (κ2) is 10.1. The molecule has 0 spiro atoms. The van der Waals surface area contributed by atoms with Gasteiger partial charge in [0.1, 0.15) is 12.0 Å². The zero-order chi connectivity index (χ0) is 25.3. The molecule has 35 heavy (non-hydrogen) atoms. The van der Waals surface area contributed by atoms with Gasteiger partial charge >= 0.3 is 11.9 Å². The maximum atomic E-state index is 13.8. The van der Waals surface area contributed by atoms with Gasteiger partial charge in [0, 0.05) is 22.9 Å². The Morgan fingerprint density at radius 3 is 2.34 bits per heavy atom. The Labute approximate surface area is 205 Å². The van der Waals surface area contributed by atoms with Gasteiger partial charge in [-0.05, 0) is 62.6 Å². The van der Waals surface area contributed by atoms with Gasteiger partial charge in [0.2, 0.25) is 0 Å². The minimum Gasteiger partial charge on any atom is -0.493 e. The van der Waals surface area contributed by atoms with Crippen LogP contribution < -0.4 is 14.8 Å². The van der Waals surface area contributed by atoms with E-state index in [4.69, 9.17) is 18.9 Å². The van der Waals surface area contributed by atoms with E-state index in [9.17, 15) is 14.4 Å². The predicted molar refractivity (Wildman–Crippen MR) is 128 cm³/mol. The highest BCUT2D eigenvalue weighted by Crippen LogP contribution is 2.47. The van der Waals surface area contributed by atoms with E-state index in [1.807, 2.05) is 19.9 Å². The normalized spacial score (nSPS) is 24.6. The molecular formula is C27H33NO7. The average Bonchev–Trinajstić information content (AvgIpc) is 3.35. The summed E-state index contributed by atoms with van der Waals surface area (Å²) in [4.78, 5) is 39.9. The molecule has 1 heterocycles. The van der Waals surface area contributed by atoms with Gasteiger partial charge in [-0.2, -0.15) is 0 Å². The molecule has 8 heteroatoms. The van der Waals surface area contributed by atoms with Crippen LogP contribution in [0.5, 0.6) is 11.5 Å². The molecule has 1 fully saturated rings. The van der Waals surface area contributed by atoms with E-state index in [0.717, 1.165) is 31.4 Å². The van der Waals surface area contributed by atoms with Gasteiger partial charge in [0.15, 0.2) is 17.3 Å². The van der Waals surface area contributed by atoms with Gasteiger partial charge in [-0.15, -0.1) is 0 Å². The van der Waals surface area contributed by atoms with E-state index in [-0.39, 0.29) is 17.8 Å². The zero-order valence-corrected chi connectivity index (χ0v) is 20.9. The number of hydrogen-bond acceptors (Lipinski definition) is 8. The summed E-state index contributed by atoms with van der Waals surface area (Å²) in [6.45, 7) is 3.68. The van der Waals surface area contributed by atoms with Gasteiger partial charge in [0.05, 0.1) is 26.9 Å². The second-order valence-corrected chi connectivity index (χ2v) is 9.46. The number of rotatable bonds is 6. The lowest BCUT2D eigenvalue weighted by atomic mass is 9.69. The van der Waals surface area contributed by atoms with Crippen molar-refractivity contribution in [2.75, 3.05) is 21.3 Å². The number of dihydropyridines is 1. The molecule has 1 aromatic carbocycles. The van der Waals surface area contributed by atoms with Crippen LogP contribution in [0.3, 0.4) is 0 Å². The van der Waals surface area contributed by atoms with Crippen LogP contribution >= 0.6 is 0 Å². The average molecular weight is 484 g/mol. The van der Waals surface area contributed by atoms with E-state index in [1.54, 1.807) is 19.2 Å². The number of benzene rings is 1. The van der Waals surface area contributed by atoms with Crippen LogP contribution in [0.1, 0.15) is 57.4 Å². The van der Waals surface area contributed by atoms with E-state index < -0.39 is 23.8 Å². The summed E-state index contributed by atoms with van der Waals surface area (Å²) in [5, 5.41) is 3.29. The number of allylic oxidation sites excluding steroid dienone is 3. The number of Topliss-reactive ketones (excluding diaryl/α,β-unsaturated/α-hetero) is 1. The summed E-state index contributed by atoms with van der Waals surface area (Å²) in [5.41, 5.74) is 2.81. The van der Waals surface area contributed by atoms with Crippen molar-refractivity contribution >= 4 is 17.7 Å². The first kappa shape index (κ1) is 24.8. The first-order valence-electron chi connectivity index (χ1n) is 12.1. The molecule has 188 valence electrons. The number of methoxy groups -OCH3 is 3. The number of ether oxygens (including phenoxy) is 4. The van der Waals surface area contributed by atoms with Gasteiger partial charge in [-0.3, -0.25) is 9.59 Å². The van der Waals surface area contributed by atoms with Crippen LogP contribution in [0.25, 0.3) is 0 Å². The van der Waals surface area contributed by atoms with Crippen LogP contribution in [-0.2, 0) is 23.9 Å². The highest BCUT2D eigenvalue weighted by Gasteiger charge is 2.47. The topological polar surface area (TPSA) is 100 Å². The van der Waals surface area contributed by atoms with Gasteiger partial charge in [-0.25, -0.2) is 4.79 Å². The Morgan fingerprint density at radius 2 is 1.71 bits per heavy atom. The molecule has 0 saturated heterocycles. The first-order chi connectivity index (χ1) is 16.8. The summed E-state index contributed by atoms with van der Waals surface area (Å²) >= 11 is 0. The van der Waals surface area contributed by atoms with Crippen molar-refractivity contribution < 1.29 is 33.3 Å². The molecule has 1 aromatic rings. The molecule has 3 atom stereocenters. The van der Waals surface area contributed by atoms with E-state index >= 15 is 0 Å². The highest BCUT2D eigenvalue weighted by atomic mass is 16.5. The highest BCUT2D eigenvalue weighted by molar-refractivity contribution is 6.12. The Kier molecular flexibility index (Phi) is 7.19. The summed E-state index contributed by atoms with van der Waals surface area (Å²) in [6, 6.07) is 5.34. The molecule has 0 unspecified atom stereocenters. The van der Waals surface area contributed by atoms with Crippen LogP contribution in [0, 0.1) is 11.8 Å². The van der Waals surface area contributed by atoms with Crippen molar-refractivity contribution in [3.05, 3.63) is 46.3 Å². The van der Waals surface area contributed by atoms with Crippen molar-refractivity contribution in [3.63, 3.8) is 0 Å². The lowest BCUT2D eigenvalue weighted by molar-refractivity contribution is -0.151. The lowest BCUT2D eigenvalue weighted by Crippen LogP contribution is -2.43. The smallest absolute Gasteiger partial charge is 0.337 e. The quantitative estimate of drug-likeness (QED) is 0.482. The summed E-state index contributed by atoms with van der Waals surface area (Å²) < 4.78 is 21.7. The third-order valence-corrected chi connectivity index (χ3v) is 7.28. The van der Waals surface area contributed by atoms with E-state index in [1.165, 1.54) is 14.2 Å². The Bertz CT molecular complexity index is 1100. The van der Waals surface area contributed by atoms with Crippen LogP contribution in [0.2, 0.25) is 0 Å². The molecule has 8 nitrogen and oxygen atoms in total. The molecular weight excluding hydrogens is 450 g/mol. The third kappa shape index (κ3) is 4.54. The minimum atomic E-state index is -0.936. The molecule has 0 radical (unpaired) electrons. The summed E-state index contributed by atoms with van der Waals surface area (Å²) in [7, 11) is 4.36. The van der Waals surface area contributed by atoms with Crippen molar-refractivity contribution in [1.82, 2.24) is 5.32 Å². The zero-order valence-electron chi connectivity index (χ0n) is 20.9. The fourth-order valence-electron chi connectivity index (χ4n) is 5.54. The minimum absolute atomic E-state index is 0.130. The second-order valence-electron chi connectivity index (χ2n) is 9.46. The van der Waals surface area contributed by atoms with Gasteiger partial charge in [0.25, 0.3) is 0 Å². The van der Waals surface area contributed by atoms with Crippen molar-refractivity contribution in [2.45, 2.75) is 58.0 Å². The fraction of sp³-hybridized carbons (Fsp3) is 0.519. The monoisotopic (exact) mass is 483 g/mol. The van der Waals surface area contributed by atoms with Crippen LogP contribution in [-0.4, -0.2) is 45.2 Å². The number of carbonyl (C=O) groups is 3. The Morgan fingerprint density at radius 1 is 1.03 bits per heavy atom. The molecule has 2 aliphatic carbocycles. The van der Waals surface area contributed by atoms with Gasteiger partial charge < -0.3 is 24.3 Å². The third-order valence-electron chi connectivity index (χ3n) is 7.28. The molecule has 0 aromatic heterocycles. The van der Waals surface area contributed by atoms with Crippen molar-refractivity contribution in [1.29, 1.82) is 0 Å². The maximum absolute atomic E-state index is 13.8. The number of ketones is 1. The van der Waals surface area contributed by atoms with Crippen molar-refractivity contribution in [3.8, 4) is 11.5 Å². The van der Waals surface area contributed by atoms with E-state index in [0.29, 0.717) is 40.3 Å². The number of carbonyl (C=O) groups excluding carboxylic acids is 3. The molecule has 0 bridgehead atoms. The van der Waals surface area contributed by atoms with Crippen LogP contribution in [0.4, 0.5) is 0 Å². The molecule has 1 aliphatic heterocycles. The number of esters is 2. The number of hydrogen-bond donors (Lipinski definition) is 1. The Balaban J connectivity index is 1.84. The Hall–Kier alpha value is -3.29. The SMILES string of the molecule is COC(=O)[C@H]1C(=O)C2=C(C[C@H]1C)NC(C)=C(C(=O)OC1CCCC1)[C@@H]2c1ccc(OC)c(OC)c1. The standard InChI is InChI=1S/C27H33NO7/c1-14-12-18-24(25(29)21(14)26(30)34-5)23(16-10-11-19(32-3)20(13-16)33-4)22(15(2)28-18)27(31)35-17-8-6-7-9-17/h10-11,13-14,17,21,23,28H,6-9,12H2,1-5H3/t14-,21-,23+/m1/s1. The van der Waals surface area contributed by atoms with Crippen LogP contribution in [0.15, 0.2) is 40.7 Å². The predicted octanol–water partition coefficient (Wildman–Crippen LogP) is 3.80. The van der Waals surface area contributed by atoms with Crippen molar-refractivity contribution in [2.24, 2.45) is 11.8 Å². The largest absolute Gasteiger partial charge is 0.493 e. The first-order valence-corrected chi connectivity index (χ1v) is 12.1.